The fourth-order valence-corrected chi connectivity index (χ4v) is 6.36. The number of nitrogens with zero attached hydrogens (tertiary/aromatic N) is 5. The van der Waals surface area contributed by atoms with Gasteiger partial charge in [-0.25, -0.2) is 4.98 Å². The first kappa shape index (κ1) is 27.2. The quantitative estimate of drug-likeness (QED) is 0.496. The molecule has 1 N–H and O–H groups in total. The van der Waals surface area contributed by atoms with Gasteiger partial charge in [-0.1, -0.05) is 46.0 Å². The summed E-state index contributed by atoms with van der Waals surface area (Å²) in [4.78, 5) is 29.9. The van der Waals surface area contributed by atoms with Crippen molar-refractivity contribution in [1.82, 2.24) is 19.8 Å². The van der Waals surface area contributed by atoms with Crippen LogP contribution in [0.5, 0.6) is 0 Å². The van der Waals surface area contributed by atoms with E-state index in [9.17, 15) is 4.79 Å². The minimum absolute atomic E-state index is 0.221. The highest BCUT2D eigenvalue weighted by Gasteiger charge is 2.31. The van der Waals surface area contributed by atoms with Crippen molar-refractivity contribution in [3.8, 4) is 0 Å². The molecule has 0 bridgehead atoms. The first-order valence-corrected chi connectivity index (χ1v) is 15.0. The molecule has 2 unspecified atom stereocenters. The van der Waals surface area contributed by atoms with Crippen LogP contribution in [0.3, 0.4) is 0 Å². The van der Waals surface area contributed by atoms with Gasteiger partial charge in [0.05, 0.1) is 0 Å². The Morgan fingerprint density at radius 3 is 2.47 bits per heavy atom. The van der Waals surface area contributed by atoms with E-state index in [-0.39, 0.29) is 5.92 Å². The fourth-order valence-electron chi connectivity index (χ4n) is 6.36. The van der Waals surface area contributed by atoms with Gasteiger partial charge in [-0.2, -0.15) is 4.98 Å². The van der Waals surface area contributed by atoms with Gasteiger partial charge in [0.2, 0.25) is 11.9 Å². The summed E-state index contributed by atoms with van der Waals surface area (Å²) in [6.45, 7) is 10.6. The van der Waals surface area contributed by atoms with E-state index in [1.165, 1.54) is 57.9 Å². The molecule has 2 atom stereocenters. The SMILES string of the molecule is CCCCC(CC)C(=O)N1CCC(N2CCCCC(Nc3nccc(N4CCCCCC4)n3)C2)CC1. The summed E-state index contributed by atoms with van der Waals surface area (Å²) in [5, 5.41) is 3.70. The number of hydrogen-bond acceptors (Lipinski definition) is 6. The van der Waals surface area contributed by atoms with Crippen molar-refractivity contribution in [2.75, 3.05) is 49.5 Å². The number of aromatic nitrogens is 2. The maximum absolute atomic E-state index is 13.1. The van der Waals surface area contributed by atoms with Crippen LogP contribution in [0.15, 0.2) is 12.3 Å². The molecule has 7 nitrogen and oxygen atoms in total. The summed E-state index contributed by atoms with van der Waals surface area (Å²) in [6.07, 6.45) is 17.3. The second kappa shape index (κ2) is 14.2. The standard InChI is InChI=1S/C29H50N6O/c1-3-5-12-24(4-2)28(36)34-21-15-26(16-22-34)35-20-11-8-13-25(23-35)31-29-30-17-14-27(32-29)33-18-9-6-7-10-19-33/h14,17,24-26H,3-13,15-16,18-23H2,1-2H3,(H,30,31,32). The monoisotopic (exact) mass is 498 g/mol. The predicted octanol–water partition coefficient (Wildman–Crippen LogP) is 5.33. The highest BCUT2D eigenvalue weighted by molar-refractivity contribution is 5.78. The predicted molar refractivity (Wildman–Crippen MR) is 148 cm³/mol. The molecular formula is C29H50N6O. The van der Waals surface area contributed by atoms with Crippen molar-refractivity contribution < 1.29 is 4.79 Å². The maximum atomic E-state index is 13.1. The summed E-state index contributed by atoms with van der Waals surface area (Å²) in [5.74, 6) is 2.47. The lowest BCUT2D eigenvalue weighted by atomic mass is 9.95. The molecule has 4 heterocycles. The molecule has 0 radical (unpaired) electrons. The number of piperidine rings is 1. The molecular weight excluding hydrogens is 448 g/mol. The van der Waals surface area contributed by atoms with Gasteiger partial charge in [0.15, 0.2) is 0 Å². The van der Waals surface area contributed by atoms with Crippen molar-refractivity contribution in [3.05, 3.63) is 12.3 Å². The lowest BCUT2D eigenvalue weighted by Gasteiger charge is -2.40. The van der Waals surface area contributed by atoms with Gasteiger partial charge in [0, 0.05) is 56.9 Å². The Morgan fingerprint density at radius 2 is 1.75 bits per heavy atom. The molecule has 3 fully saturated rings. The summed E-state index contributed by atoms with van der Waals surface area (Å²) < 4.78 is 0. The van der Waals surface area contributed by atoms with E-state index in [4.69, 9.17) is 4.98 Å². The molecule has 1 aromatic rings. The molecule has 36 heavy (non-hydrogen) atoms. The third-order valence-electron chi connectivity index (χ3n) is 8.65. The smallest absolute Gasteiger partial charge is 0.225 e. The highest BCUT2D eigenvalue weighted by atomic mass is 16.2. The third-order valence-corrected chi connectivity index (χ3v) is 8.65. The second-order valence-corrected chi connectivity index (χ2v) is 11.3. The average Bonchev–Trinajstić information content (AvgIpc) is 3.33. The lowest BCUT2D eigenvalue weighted by molar-refractivity contribution is -0.137. The molecule has 1 aromatic heterocycles. The van der Waals surface area contributed by atoms with E-state index in [0.29, 0.717) is 18.0 Å². The van der Waals surface area contributed by atoms with Crippen molar-refractivity contribution >= 4 is 17.7 Å². The van der Waals surface area contributed by atoms with E-state index >= 15 is 0 Å². The Bertz CT molecular complexity index is 788. The molecule has 0 spiro atoms. The second-order valence-electron chi connectivity index (χ2n) is 11.3. The number of amides is 1. The number of carbonyl (C=O) groups is 1. The van der Waals surface area contributed by atoms with Gasteiger partial charge in [-0.05, 0) is 64.0 Å². The van der Waals surface area contributed by atoms with Crippen LogP contribution >= 0.6 is 0 Å². The van der Waals surface area contributed by atoms with Crippen LogP contribution in [0.2, 0.25) is 0 Å². The zero-order valence-electron chi connectivity index (χ0n) is 23.0. The molecule has 3 aliphatic heterocycles. The zero-order valence-corrected chi connectivity index (χ0v) is 23.0. The van der Waals surface area contributed by atoms with Crippen molar-refractivity contribution in [2.45, 2.75) is 109 Å². The van der Waals surface area contributed by atoms with E-state index in [1.54, 1.807) is 0 Å². The van der Waals surface area contributed by atoms with Gasteiger partial charge in [0.1, 0.15) is 5.82 Å². The first-order chi connectivity index (χ1) is 17.7. The summed E-state index contributed by atoms with van der Waals surface area (Å²) in [5.41, 5.74) is 0. The molecule has 7 heteroatoms. The summed E-state index contributed by atoms with van der Waals surface area (Å²) >= 11 is 0. The minimum atomic E-state index is 0.221. The van der Waals surface area contributed by atoms with Crippen LogP contribution in [0.1, 0.15) is 97.3 Å². The lowest BCUT2D eigenvalue weighted by Crippen LogP contribution is -2.50. The van der Waals surface area contributed by atoms with Gasteiger partial charge in [-0.3, -0.25) is 9.69 Å². The third kappa shape index (κ3) is 7.56. The van der Waals surface area contributed by atoms with Gasteiger partial charge >= 0.3 is 0 Å². The number of anilines is 2. The Hall–Kier alpha value is -1.89. The maximum Gasteiger partial charge on any atom is 0.225 e. The van der Waals surface area contributed by atoms with E-state index in [0.717, 1.165) is 76.6 Å². The van der Waals surface area contributed by atoms with E-state index < -0.39 is 0 Å². The normalized spacial score (nSPS) is 23.7. The van der Waals surface area contributed by atoms with E-state index in [1.807, 2.05) is 6.20 Å². The zero-order chi connectivity index (χ0) is 25.2. The Labute approximate surface area is 219 Å². The molecule has 3 saturated heterocycles. The van der Waals surface area contributed by atoms with Gasteiger partial charge in [0.25, 0.3) is 0 Å². The molecule has 0 aromatic carbocycles. The fraction of sp³-hybridized carbons (Fsp3) is 0.828. The topological polar surface area (TPSA) is 64.6 Å². The van der Waals surface area contributed by atoms with E-state index in [2.05, 4.69) is 44.9 Å². The van der Waals surface area contributed by atoms with Crippen molar-refractivity contribution in [1.29, 1.82) is 0 Å². The number of rotatable bonds is 9. The molecule has 4 rings (SSSR count). The molecule has 1 amide bonds. The van der Waals surface area contributed by atoms with Crippen molar-refractivity contribution in [2.24, 2.45) is 5.92 Å². The summed E-state index contributed by atoms with van der Waals surface area (Å²) in [7, 11) is 0. The van der Waals surface area contributed by atoms with Gasteiger partial charge in [-0.15, -0.1) is 0 Å². The van der Waals surface area contributed by atoms with Crippen molar-refractivity contribution in [3.63, 3.8) is 0 Å². The number of unbranched alkanes of at least 4 members (excludes halogenated alkanes) is 1. The summed E-state index contributed by atoms with van der Waals surface area (Å²) in [6, 6.07) is 3.03. The average molecular weight is 499 g/mol. The van der Waals surface area contributed by atoms with Crippen LogP contribution in [0.4, 0.5) is 11.8 Å². The Morgan fingerprint density at radius 1 is 1.00 bits per heavy atom. The molecule has 0 aliphatic carbocycles. The Balaban J connectivity index is 1.30. The molecule has 202 valence electrons. The van der Waals surface area contributed by atoms with Crippen LogP contribution in [0.25, 0.3) is 0 Å². The number of carbonyl (C=O) groups excluding carboxylic acids is 1. The largest absolute Gasteiger partial charge is 0.356 e. The number of nitrogens with one attached hydrogen (secondary N) is 1. The minimum Gasteiger partial charge on any atom is -0.356 e. The molecule has 3 aliphatic rings. The van der Waals surface area contributed by atoms with Crippen LogP contribution in [-0.2, 0) is 4.79 Å². The number of likely N-dealkylation sites (tertiary alicyclic amines) is 2. The Kier molecular flexibility index (Phi) is 10.7. The number of hydrogen-bond donors (Lipinski definition) is 1. The van der Waals surface area contributed by atoms with Crippen LogP contribution in [0, 0.1) is 5.92 Å². The van der Waals surface area contributed by atoms with Crippen LogP contribution < -0.4 is 10.2 Å². The molecule has 0 saturated carbocycles. The first-order valence-electron chi connectivity index (χ1n) is 15.0. The van der Waals surface area contributed by atoms with Gasteiger partial charge < -0.3 is 15.1 Å². The highest BCUT2D eigenvalue weighted by Crippen LogP contribution is 2.25. The van der Waals surface area contributed by atoms with Crippen LogP contribution in [-0.4, -0.2) is 77.0 Å².